The van der Waals surface area contributed by atoms with E-state index in [0.717, 1.165) is 61.0 Å². The quantitative estimate of drug-likeness (QED) is 0.381. The van der Waals surface area contributed by atoms with Gasteiger partial charge in [0, 0.05) is 50.2 Å². The first-order valence-corrected chi connectivity index (χ1v) is 11.9. The zero-order valence-corrected chi connectivity index (χ0v) is 19.8. The van der Waals surface area contributed by atoms with E-state index in [1.165, 1.54) is 0 Å². The Hall–Kier alpha value is -4.50. The summed E-state index contributed by atoms with van der Waals surface area (Å²) in [6, 6.07) is 24.6. The largest absolute Gasteiger partial charge is 0.396 e. The van der Waals surface area contributed by atoms with Crippen LogP contribution in [0.25, 0.3) is 11.3 Å². The maximum absolute atomic E-state index is 12.7. The summed E-state index contributed by atoms with van der Waals surface area (Å²) in [5.74, 6) is 1.23. The Morgan fingerprint density at radius 2 is 1.61 bits per heavy atom. The molecular formula is C27H28N8O. The molecule has 0 spiro atoms. The van der Waals surface area contributed by atoms with E-state index in [9.17, 15) is 4.79 Å². The number of benzene rings is 2. The molecular weight excluding hydrogens is 452 g/mol. The number of urea groups is 1. The van der Waals surface area contributed by atoms with Gasteiger partial charge in [0.05, 0.1) is 11.4 Å². The van der Waals surface area contributed by atoms with E-state index in [0.29, 0.717) is 11.5 Å². The Balaban J connectivity index is 1.17. The number of nitrogens with two attached hydrogens (primary N) is 1. The molecule has 9 heteroatoms. The SMILES string of the molecule is Nc1cccnc1N1CCN(Cc2ccccc2NC(=O)Nc2ccc(-c3ccccc3)nn2)CC1. The highest BCUT2D eigenvalue weighted by Gasteiger charge is 2.20. The Morgan fingerprint density at radius 1 is 0.833 bits per heavy atom. The van der Waals surface area contributed by atoms with Crippen LogP contribution in [-0.2, 0) is 6.54 Å². The predicted molar refractivity (Wildman–Crippen MR) is 143 cm³/mol. The first-order valence-electron chi connectivity index (χ1n) is 11.9. The van der Waals surface area contributed by atoms with Gasteiger partial charge in [-0.05, 0) is 35.9 Å². The molecule has 0 unspecified atom stereocenters. The lowest BCUT2D eigenvalue weighted by molar-refractivity contribution is 0.249. The summed E-state index contributed by atoms with van der Waals surface area (Å²) < 4.78 is 0. The Labute approximate surface area is 210 Å². The zero-order chi connectivity index (χ0) is 24.7. The number of piperazine rings is 1. The van der Waals surface area contributed by atoms with Gasteiger partial charge in [0.2, 0.25) is 0 Å². The molecule has 0 radical (unpaired) electrons. The topological polar surface area (TPSA) is 112 Å². The maximum Gasteiger partial charge on any atom is 0.324 e. The lowest BCUT2D eigenvalue weighted by atomic mass is 10.1. The van der Waals surface area contributed by atoms with Crippen molar-refractivity contribution in [3.8, 4) is 11.3 Å². The summed E-state index contributed by atoms with van der Waals surface area (Å²) in [7, 11) is 0. The third kappa shape index (κ3) is 5.59. The van der Waals surface area contributed by atoms with Gasteiger partial charge in [-0.3, -0.25) is 10.2 Å². The van der Waals surface area contributed by atoms with Crippen LogP contribution >= 0.6 is 0 Å². The third-order valence-corrected chi connectivity index (χ3v) is 6.12. The van der Waals surface area contributed by atoms with Crippen molar-refractivity contribution < 1.29 is 4.79 Å². The number of nitrogens with one attached hydrogen (secondary N) is 2. The fourth-order valence-electron chi connectivity index (χ4n) is 4.24. The van der Waals surface area contributed by atoms with Crippen LogP contribution in [-0.4, -0.2) is 52.3 Å². The van der Waals surface area contributed by atoms with Crippen molar-refractivity contribution >= 4 is 29.0 Å². The van der Waals surface area contributed by atoms with Crippen LogP contribution in [0, 0.1) is 0 Å². The highest BCUT2D eigenvalue weighted by atomic mass is 16.2. The molecule has 4 aromatic rings. The molecule has 5 rings (SSSR count). The summed E-state index contributed by atoms with van der Waals surface area (Å²) in [4.78, 5) is 21.7. The number of nitrogen functional groups attached to an aromatic ring is 1. The van der Waals surface area contributed by atoms with Crippen molar-refractivity contribution in [2.75, 3.05) is 47.4 Å². The van der Waals surface area contributed by atoms with Gasteiger partial charge in [-0.25, -0.2) is 9.78 Å². The molecule has 1 fully saturated rings. The number of hydrogen-bond acceptors (Lipinski definition) is 7. The number of nitrogens with zero attached hydrogens (tertiary/aromatic N) is 5. The summed E-state index contributed by atoms with van der Waals surface area (Å²) in [5, 5.41) is 14.1. The number of rotatable bonds is 6. The molecule has 3 heterocycles. The molecule has 1 aliphatic heterocycles. The summed E-state index contributed by atoms with van der Waals surface area (Å²) in [6.07, 6.45) is 1.77. The second-order valence-corrected chi connectivity index (χ2v) is 8.59. The molecule has 2 aromatic heterocycles. The third-order valence-electron chi connectivity index (χ3n) is 6.12. The minimum atomic E-state index is -0.361. The highest BCUT2D eigenvalue weighted by Crippen LogP contribution is 2.23. The van der Waals surface area contributed by atoms with Gasteiger partial charge in [-0.15, -0.1) is 10.2 Å². The van der Waals surface area contributed by atoms with E-state index in [1.54, 1.807) is 12.3 Å². The van der Waals surface area contributed by atoms with Crippen molar-refractivity contribution in [3.05, 3.63) is 90.6 Å². The fraction of sp³-hybridized carbons (Fsp3) is 0.185. The van der Waals surface area contributed by atoms with E-state index in [-0.39, 0.29) is 6.03 Å². The van der Waals surface area contributed by atoms with E-state index in [4.69, 9.17) is 5.73 Å². The van der Waals surface area contributed by atoms with Crippen molar-refractivity contribution in [1.29, 1.82) is 0 Å². The van der Waals surface area contributed by atoms with Gasteiger partial charge in [0.15, 0.2) is 11.6 Å². The standard InChI is InChI=1S/C27H28N8O/c28-22-10-6-14-29-26(22)35-17-15-34(16-18-35)19-21-9-4-5-11-23(21)30-27(36)31-25-13-12-24(32-33-25)20-7-2-1-3-8-20/h1-14H,15-19,28H2,(H2,30,31,33,36). The van der Waals surface area contributed by atoms with Crippen LogP contribution < -0.4 is 21.3 Å². The van der Waals surface area contributed by atoms with Crippen LogP contribution in [0.4, 0.5) is 27.8 Å². The van der Waals surface area contributed by atoms with Crippen molar-refractivity contribution in [2.24, 2.45) is 0 Å². The second kappa shape index (κ2) is 10.8. The van der Waals surface area contributed by atoms with Crippen LogP contribution in [0.1, 0.15) is 5.56 Å². The minimum Gasteiger partial charge on any atom is -0.396 e. The molecule has 9 nitrogen and oxygen atoms in total. The monoisotopic (exact) mass is 480 g/mol. The van der Waals surface area contributed by atoms with Crippen LogP contribution in [0.3, 0.4) is 0 Å². The van der Waals surface area contributed by atoms with Crippen molar-refractivity contribution in [3.63, 3.8) is 0 Å². The van der Waals surface area contributed by atoms with Crippen LogP contribution in [0.2, 0.25) is 0 Å². The number of pyridine rings is 1. The Kier molecular flexibility index (Phi) is 7.00. The van der Waals surface area contributed by atoms with Crippen molar-refractivity contribution in [2.45, 2.75) is 6.54 Å². The number of hydrogen-bond donors (Lipinski definition) is 3. The van der Waals surface area contributed by atoms with Gasteiger partial charge >= 0.3 is 6.03 Å². The van der Waals surface area contributed by atoms with E-state index in [1.807, 2.05) is 72.8 Å². The van der Waals surface area contributed by atoms with Gasteiger partial charge in [0.25, 0.3) is 0 Å². The smallest absolute Gasteiger partial charge is 0.324 e. The second-order valence-electron chi connectivity index (χ2n) is 8.59. The summed E-state index contributed by atoms with van der Waals surface area (Å²) in [5.41, 5.74) is 10.3. The van der Waals surface area contributed by atoms with E-state index in [2.05, 4.69) is 35.6 Å². The zero-order valence-electron chi connectivity index (χ0n) is 19.8. The number of amides is 2. The van der Waals surface area contributed by atoms with Gasteiger partial charge in [0.1, 0.15) is 0 Å². The molecule has 0 bridgehead atoms. The number of carbonyl (C=O) groups is 1. The lowest BCUT2D eigenvalue weighted by Crippen LogP contribution is -2.46. The summed E-state index contributed by atoms with van der Waals surface area (Å²) >= 11 is 0. The molecule has 0 atom stereocenters. The first kappa shape index (κ1) is 23.3. The van der Waals surface area contributed by atoms with E-state index >= 15 is 0 Å². The molecule has 2 aromatic carbocycles. The highest BCUT2D eigenvalue weighted by molar-refractivity contribution is 5.99. The molecule has 1 saturated heterocycles. The maximum atomic E-state index is 12.7. The number of para-hydroxylation sites is 1. The molecule has 1 aliphatic rings. The normalized spacial score (nSPS) is 13.8. The fourth-order valence-corrected chi connectivity index (χ4v) is 4.24. The molecule has 0 saturated carbocycles. The number of aromatic nitrogens is 3. The molecule has 36 heavy (non-hydrogen) atoms. The van der Waals surface area contributed by atoms with Crippen LogP contribution in [0.5, 0.6) is 0 Å². The van der Waals surface area contributed by atoms with E-state index < -0.39 is 0 Å². The van der Waals surface area contributed by atoms with Crippen LogP contribution in [0.15, 0.2) is 85.1 Å². The molecule has 2 amide bonds. The molecule has 0 aliphatic carbocycles. The Morgan fingerprint density at radius 3 is 2.36 bits per heavy atom. The van der Waals surface area contributed by atoms with Gasteiger partial charge < -0.3 is 16.0 Å². The van der Waals surface area contributed by atoms with Crippen molar-refractivity contribution in [1.82, 2.24) is 20.1 Å². The number of carbonyl (C=O) groups excluding carboxylic acids is 1. The average molecular weight is 481 g/mol. The minimum absolute atomic E-state index is 0.361. The first-order chi connectivity index (χ1) is 17.7. The molecule has 182 valence electrons. The van der Waals surface area contributed by atoms with Gasteiger partial charge in [-0.1, -0.05) is 48.5 Å². The molecule has 4 N–H and O–H groups in total. The average Bonchev–Trinajstić information content (AvgIpc) is 2.91. The number of anilines is 4. The Bertz CT molecular complexity index is 1300. The lowest BCUT2D eigenvalue weighted by Gasteiger charge is -2.36. The predicted octanol–water partition coefficient (Wildman–Crippen LogP) is 4.09. The summed E-state index contributed by atoms with van der Waals surface area (Å²) in [6.45, 7) is 4.16. The van der Waals surface area contributed by atoms with Gasteiger partial charge in [-0.2, -0.15) is 0 Å².